The van der Waals surface area contributed by atoms with Crippen molar-refractivity contribution in [2.45, 2.75) is 45.6 Å². The molecule has 27 heavy (non-hydrogen) atoms. The maximum atomic E-state index is 12.4. The molecule has 2 aliphatic rings. The summed E-state index contributed by atoms with van der Waals surface area (Å²) in [5.74, 6) is -0.380. The molecule has 1 unspecified atom stereocenters. The van der Waals surface area contributed by atoms with Crippen LogP contribution in [0.2, 0.25) is 0 Å². The van der Waals surface area contributed by atoms with Crippen LogP contribution in [0, 0.1) is 16.7 Å². The molecule has 140 valence electrons. The van der Waals surface area contributed by atoms with Gasteiger partial charge in [-0.05, 0) is 50.2 Å². The van der Waals surface area contributed by atoms with E-state index in [0.29, 0.717) is 27.8 Å². The number of anilines is 1. The summed E-state index contributed by atoms with van der Waals surface area (Å²) in [6.45, 7) is 4.75. The van der Waals surface area contributed by atoms with Crippen LogP contribution in [0.5, 0.6) is 0 Å². The Bertz CT molecular complexity index is 1010. The van der Waals surface area contributed by atoms with Gasteiger partial charge in [-0.25, -0.2) is 4.98 Å². The fourth-order valence-electron chi connectivity index (χ4n) is 4.00. The van der Waals surface area contributed by atoms with E-state index in [1.807, 2.05) is 0 Å². The first-order valence-electron chi connectivity index (χ1n) is 9.32. The number of nitriles is 1. The largest absolute Gasteiger partial charge is 0.456 e. The van der Waals surface area contributed by atoms with Crippen LogP contribution in [0.15, 0.2) is 16.9 Å². The van der Waals surface area contributed by atoms with Crippen molar-refractivity contribution >= 4 is 22.7 Å². The second-order valence-corrected chi connectivity index (χ2v) is 7.66. The van der Waals surface area contributed by atoms with Gasteiger partial charge in [-0.1, -0.05) is 0 Å². The minimum atomic E-state index is -0.506. The van der Waals surface area contributed by atoms with Crippen LogP contribution in [-0.4, -0.2) is 29.0 Å². The van der Waals surface area contributed by atoms with Crippen molar-refractivity contribution in [2.24, 2.45) is 5.41 Å². The first-order valence-corrected chi connectivity index (χ1v) is 9.32. The lowest BCUT2D eigenvalue weighted by Crippen LogP contribution is -2.36. The predicted molar refractivity (Wildman–Crippen MR) is 100 cm³/mol. The van der Waals surface area contributed by atoms with Gasteiger partial charge in [0.05, 0.1) is 16.9 Å². The number of rotatable bonds is 3. The molecule has 1 saturated heterocycles. The van der Waals surface area contributed by atoms with Crippen molar-refractivity contribution in [3.05, 3.63) is 33.7 Å². The summed E-state index contributed by atoms with van der Waals surface area (Å²) in [6.07, 6.45) is 4.22. The number of hydrogen-bond donors (Lipinski definition) is 1. The molecule has 1 saturated carbocycles. The summed E-state index contributed by atoms with van der Waals surface area (Å²) in [5, 5.41) is 9.61. The number of aromatic amines is 1. The van der Waals surface area contributed by atoms with Crippen molar-refractivity contribution in [3.8, 4) is 6.07 Å². The van der Waals surface area contributed by atoms with Crippen LogP contribution < -0.4 is 10.5 Å². The van der Waals surface area contributed by atoms with E-state index in [9.17, 15) is 14.9 Å². The van der Waals surface area contributed by atoms with Crippen molar-refractivity contribution in [1.29, 1.82) is 5.26 Å². The molecule has 1 aliphatic carbocycles. The molecule has 0 bridgehead atoms. The SMILES string of the molecule is CC(=O)OC(C)c1ccc2[nH]c(=O)c(C#N)c(N3CCC4(CC3)CC4)c2n1. The number of H-pyrrole nitrogens is 1. The number of aromatic nitrogens is 2. The zero-order chi connectivity index (χ0) is 19.2. The van der Waals surface area contributed by atoms with Gasteiger partial charge < -0.3 is 14.6 Å². The van der Waals surface area contributed by atoms with Crippen LogP contribution in [0.1, 0.15) is 56.9 Å². The third-order valence-corrected chi connectivity index (χ3v) is 5.82. The average Bonchev–Trinajstić information content (AvgIpc) is 3.39. The number of esters is 1. The molecule has 4 rings (SSSR count). The van der Waals surface area contributed by atoms with Gasteiger partial charge in [0, 0.05) is 20.0 Å². The van der Waals surface area contributed by atoms with E-state index in [1.54, 1.807) is 19.1 Å². The Labute approximate surface area is 157 Å². The van der Waals surface area contributed by atoms with E-state index in [-0.39, 0.29) is 11.5 Å². The monoisotopic (exact) mass is 366 g/mol. The van der Waals surface area contributed by atoms with Gasteiger partial charge in [0.2, 0.25) is 0 Å². The third kappa shape index (κ3) is 3.16. The molecule has 1 N–H and O–H groups in total. The van der Waals surface area contributed by atoms with E-state index in [2.05, 4.69) is 20.9 Å². The molecule has 3 heterocycles. The number of carbonyl (C=O) groups is 1. The Morgan fingerprint density at radius 2 is 2.04 bits per heavy atom. The average molecular weight is 366 g/mol. The van der Waals surface area contributed by atoms with Gasteiger partial charge in [-0.2, -0.15) is 5.26 Å². The Morgan fingerprint density at radius 3 is 2.63 bits per heavy atom. The lowest BCUT2D eigenvalue weighted by atomic mass is 9.93. The fourth-order valence-corrected chi connectivity index (χ4v) is 4.00. The smallest absolute Gasteiger partial charge is 0.303 e. The summed E-state index contributed by atoms with van der Waals surface area (Å²) >= 11 is 0. The molecule has 2 aromatic rings. The highest BCUT2D eigenvalue weighted by Crippen LogP contribution is 2.54. The third-order valence-electron chi connectivity index (χ3n) is 5.82. The Balaban J connectivity index is 1.82. The molecule has 1 spiro atoms. The molecule has 2 fully saturated rings. The summed E-state index contributed by atoms with van der Waals surface area (Å²) in [6, 6.07) is 5.55. The van der Waals surface area contributed by atoms with E-state index >= 15 is 0 Å². The standard InChI is InChI=1S/C20H22N4O3/c1-12(27-13(2)25)15-3-4-16-17(22-15)18(14(11-21)19(26)23-16)24-9-7-20(5-6-20)8-10-24/h3-4,12H,5-10H2,1-2H3,(H,23,26). The molecular weight excluding hydrogens is 344 g/mol. The molecule has 7 heteroatoms. The highest BCUT2D eigenvalue weighted by molar-refractivity contribution is 5.91. The fraction of sp³-hybridized carbons (Fsp3) is 0.500. The van der Waals surface area contributed by atoms with Gasteiger partial charge in [0.15, 0.2) is 0 Å². The first kappa shape index (κ1) is 17.5. The van der Waals surface area contributed by atoms with Crippen molar-refractivity contribution in [3.63, 3.8) is 0 Å². The maximum Gasteiger partial charge on any atom is 0.303 e. The zero-order valence-corrected chi connectivity index (χ0v) is 15.5. The van der Waals surface area contributed by atoms with Gasteiger partial charge in [0.1, 0.15) is 23.3 Å². The Kier molecular flexibility index (Phi) is 4.14. The second-order valence-electron chi connectivity index (χ2n) is 7.66. The van der Waals surface area contributed by atoms with Gasteiger partial charge in [-0.3, -0.25) is 9.59 Å². The molecule has 7 nitrogen and oxygen atoms in total. The molecule has 1 aliphatic heterocycles. The molecular formula is C20H22N4O3. The lowest BCUT2D eigenvalue weighted by Gasteiger charge is -2.34. The van der Waals surface area contributed by atoms with Crippen LogP contribution in [-0.2, 0) is 9.53 Å². The summed E-state index contributed by atoms with van der Waals surface area (Å²) in [7, 11) is 0. The molecule has 0 radical (unpaired) electrons. The molecule has 1 atom stereocenters. The minimum Gasteiger partial charge on any atom is -0.456 e. The van der Waals surface area contributed by atoms with Gasteiger partial charge in [0.25, 0.3) is 5.56 Å². The van der Waals surface area contributed by atoms with Crippen LogP contribution >= 0.6 is 0 Å². The van der Waals surface area contributed by atoms with E-state index in [4.69, 9.17) is 4.74 Å². The number of fused-ring (bicyclic) bond motifs is 1. The number of piperidine rings is 1. The molecule has 0 amide bonds. The van der Waals surface area contributed by atoms with Crippen molar-refractivity contribution < 1.29 is 9.53 Å². The van der Waals surface area contributed by atoms with Crippen molar-refractivity contribution in [2.75, 3.05) is 18.0 Å². The number of ether oxygens (including phenoxy) is 1. The highest BCUT2D eigenvalue weighted by atomic mass is 16.5. The number of nitrogens with zero attached hydrogens (tertiary/aromatic N) is 3. The van der Waals surface area contributed by atoms with Crippen LogP contribution in [0.25, 0.3) is 11.0 Å². The van der Waals surface area contributed by atoms with E-state index in [0.717, 1.165) is 25.9 Å². The van der Waals surface area contributed by atoms with Gasteiger partial charge >= 0.3 is 5.97 Å². The number of nitrogens with one attached hydrogen (secondary N) is 1. The highest BCUT2D eigenvalue weighted by Gasteiger charge is 2.45. The zero-order valence-electron chi connectivity index (χ0n) is 15.5. The second kappa shape index (κ2) is 6.38. The minimum absolute atomic E-state index is 0.0963. The topological polar surface area (TPSA) is 99.1 Å². The lowest BCUT2D eigenvalue weighted by molar-refractivity contribution is -0.145. The normalized spacial score (nSPS) is 18.9. The summed E-state index contributed by atoms with van der Waals surface area (Å²) in [5.41, 5.74) is 2.54. The first-order chi connectivity index (χ1) is 12.9. The molecule has 2 aromatic heterocycles. The molecule has 0 aromatic carbocycles. The van der Waals surface area contributed by atoms with E-state index in [1.165, 1.54) is 19.8 Å². The Morgan fingerprint density at radius 1 is 1.33 bits per heavy atom. The maximum absolute atomic E-state index is 12.4. The Hall–Kier alpha value is -2.88. The predicted octanol–water partition coefficient (Wildman–Crippen LogP) is 2.80. The quantitative estimate of drug-likeness (QED) is 0.839. The van der Waals surface area contributed by atoms with Crippen LogP contribution in [0.3, 0.4) is 0 Å². The summed E-state index contributed by atoms with van der Waals surface area (Å²) in [4.78, 5) is 33.2. The number of hydrogen-bond acceptors (Lipinski definition) is 6. The van der Waals surface area contributed by atoms with Crippen molar-refractivity contribution in [1.82, 2.24) is 9.97 Å². The number of pyridine rings is 2. The van der Waals surface area contributed by atoms with E-state index < -0.39 is 11.7 Å². The van der Waals surface area contributed by atoms with Gasteiger partial charge in [-0.15, -0.1) is 0 Å². The number of carbonyl (C=O) groups excluding carboxylic acids is 1. The van der Waals surface area contributed by atoms with Crippen LogP contribution in [0.4, 0.5) is 5.69 Å². The summed E-state index contributed by atoms with van der Waals surface area (Å²) < 4.78 is 5.23.